The lowest BCUT2D eigenvalue weighted by Crippen LogP contribution is -2.34. The molecule has 1 aromatic rings. The van der Waals surface area contributed by atoms with Gasteiger partial charge in [-0.05, 0) is 31.9 Å². The number of methoxy groups -OCH3 is 1. The molecule has 1 aromatic heterocycles. The Bertz CT molecular complexity index is 362. The first-order chi connectivity index (χ1) is 9.15. The van der Waals surface area contributed by atoms with Crippen LogP contribution in [0, 0.1) is 6.92 Å². The van der Waals surface area contributed by atoms with Crippen LogP contribution in [-0.4, -0.2) is 42.9 Å². The van der Waals surface area contributed by atoms with Gasteiger partial charge in [-0.3, -0.25) is 4.90 Å². The van der Waals surface area contributed by atoms with Crippen molar-refractivity contribution in [2.75, 3.05) is 26.8 Å². The molecule has 0 aliphatic heterocycles. The van der Waals surface area contributed by atoms with E-state index in [2.05, 4.69) is 11.5 Å². The number of allylic oxidation sites excluding steroid dienone is 1. The number of hydrogen-bond acceptors (Lipinski definition) is 4. The summed E-state index contributed by atoms with van der Waals surface area (Å²) in [6, 6.07) is 3.93. The lowest BCUT2D eigenvalue weighted by molar-refractivity contribution is 0.0772. The van der Waals surface area contributed by atoms with Crippen molar-refractivity contribution in [2.45, 2.75) is 32.4 Å². The minimum Gasteiger partial charge on any atom is -0.465 e. The molecule has 1 N–H and O–H groups in total. The van der Waals surface area contributed by atoms with E-state index in [1.807, 2.05) is 25.1 Å². The molecule has 0 unspecified atom stereocenters. The SMILES string of the molecule is C=CCC[C@@H](O)CN(CCOC)Cc1ccc(C)o1. The molecule has 0 saturated heterocycles. The van der Waals surface area contributed by atoms with Gasteiger partial charge in [0.1, 0.15) is 11.5 Å². The van der Waals surface area contributed by atoms with Crippen molar-refractivity contribution in [3.05, 3.63) is 36.3 Å². The highest BCUT2D eigenvalue weighted by molar-refractivity contribution is 5.05. The quantitative estimate of drug-likeness (QED) is 0.661. The zero-order valence-corrected chi connectivity index (χ0v) is 12.0. The molecule has 4 nitrogen and oxygen atoms in total. The van der Waals surface area contributed by atoms with Crippen molar-refractivity contribution in [3.8, 4) is 0 Å². The summed E-state index contributed by atoms with van der Waals surface area (Å²) >= 11 is 0. The second kappa shape index (κ2) is 8.91. The van der Waals surface area contributed by atoms with Crippen LogP contribution in [0.15, 0.2) is 29.2 Å². The zero-order chi connectivity index (χ0) is 14.1. The number of rotatable bonds is 10. The zero-order valence-electron chi connectivity index (χ0n) is 12.0. The van der Waals surface area contributed by atoms with Crippen molar-refractivity contribution in [2.24, 2.45) is 0 Å². The van der Waals surface area contributed by atoms with Gasteiger partial charge in [-0.2, -0.15) is 0 Å². The maximum atomic E-state index is 9.97. The maximum Gasteiger partial charge on any atom is 0.118 e. The molecule has 0 bridgehead atoms. The van der Waals surface area contributed by atoms with Crippen molar-refractivity contribution in [1.82, 2.24) is 4.90 Å². The Hall–Kier alpha value is -1.10. The lowest BCUT2D eigenvalue weighted by atomic mass is 10.2. The Morgan fingerprint density at radius 2 is 2.32 bits per heavy atom. The van der Waals surface area contributed by atoms with E-state index in [1.54, 1.807) is 7.11 Å². The van der Waals surface area contributed by atoms with E-state index >= 15 is 0 Å². The van der Waals surface area contributed by atoms with Crippen LogP contribution in [0.2, 0.25) is 0 Å². The van der Waals surface area contributed by atoms with Crippen LogP contribution in [0.5, 0.6) is 0 Å². The fourth-order valence-corrected chi connectivity index (χ4v) is 1.95. The average molecular weight is 267 g/mol. The van der Waals surface area contributed by atoms with Gasteiger partial charge in [0.2, 0.25) is 0 Å². The van der Waals surface area contributed by atoms with E-state index in [0.717, 1.165) is 30.9 Å². The number of furan rings is 1. The minimum absolute atomic E-state index is 0.342. The molecule has 1 rings (SSSR count). The molecule has 4 heteroatoms. The van der Waals surface area contributed by atoms with Gasteiger partial charge in [-0.25, -0.2) is 0 Å². The van der Waals surface area contributed by atoms with Crippen LogP contribution in [0.25, 0.3) is 0 Å². The summed E-state index contributed by atoms with van der Waals surface area (Å²) in [5.74, 6) is 1.83. The molecule has 1 heterocycles. The number of nitrogens with zero attached hydrogens (tertiary/aromatic N) is 1. The highest BCUT2D eigenvalue weighted by Crippen LogP contribution is 2.11. The molecule has 1 atom stereocenters. The van der Waals surface area contributed by atoms with Crippen LogP contribution in [0.4, 0.5) is 0 Å². The minimum atomic E-state index is -0.342. The van der Waals surface area contributed by atoms with Crippen molar-refractivity contribution < 1.29 is 14.3 Å². The Morgan fingerprint density at radius 3 is 2.89 bits per heavy atom. The van der Waals surface area contributed by atoms with Gasteiger partial charge in [-0.1, -0.05) is 6.08 Å². The first kappa shape index (κ1) is 16.0. The third kappa shape index (κ3) is 6.57. The maximum absolute atomic E-state index is 9.97. The van der Waals surface area contributed by atoms with Crippen LogP contribution in [0.1, 0.15) is 24.4 Å². The van der Waals surface area contributed by atoms with Gasteiger partial charge in [0.05, 0.1) is 19.3 Å². The Kier molecular flexibility index (Phi) is 7.48. The Balaban J connectivity index is 2.48. The molecular formula is C15H25NO3. The third-order valence-electron chi connectivity index (χ3n) is 2.96. The first-order valence-electron chi connectivity index (χ1n) is 6.71. The Morgan fingerprint density at radius 1 is 1.53 bits per heavy atom. The van der Waals surface area contributed by atoms with Crippen LogP contribution < -0.4 is 0 Å². The van der Waals surface area contributed by atoms with E-state index in [9.17, 15) is 5.11 Å². The normalized spacial score (nSPS) is 12.8. The van der Waals surface area contributed by atoms with Gasteiger partial charge in [0.15, 0.2) is 0 Å². The van der Waals surface area contributed by atoms with Gasteiger partial charge < -0.3 is 14.3 Å². The summed E-state index contributed by atoms with van der Waals surface area (Å²) in [7, 11) is 1.68. The summed E-state index contributed by atoms with van der Waals surface area (Å²) in [5.41, 5.74) is 0. The summed E-state index contributed by atoms with van der Waals surface area (Å²) < 4.78 is 10.7. The highest BCUT2D eigenvalue weighted by Gasteiger charge is 2.13. The molecule has 19 heavy (non-hydrogen) atoms. The average Bonchev–Trinajstić information content (AvgIpc) is 2.79. The summed E-state index contributed by atoms with van der Waals surface area (Å²) in [6.45, 7) is 8.35. The third-order valence-corrected chi connectivity index (χ3v) is 2.96. The molecule has 108 valence electrons. The first-order valence-corrected chi connectivity index (χ1v) is 6.71. The summed E-state index contributed by atoms with van der Waals surface area (Å²) in [4.78, 5) is 2.15. The summed E-state index contributed by atoms with van der Waals surface area (Å²) in [5, 5.41) is 9.97. The number of ether oxygens (including phenoxy) is 1. The predicted octanol–water partition coefficient (Wildman–Crippen LogP) is 2.36. The number of aliphatic hydroxyl groups excluding tert-OH is 1. The smallest absolute Gasteiger partial charge is 0.118 e. The molecule has 0 aliphatic carbocycles. The standard InChI is InChI=1S/C15H25NO3/c1-4-5-6-14(17)11-16(9-10-18-3)12-15-8-7-13(2)19-15/h4,7-8,14,17H,1,5-6,9-12H2,2-3H3/t14-/m1/s1. The number of aryl methyl sites for hydroxylation is 1. The highest BCUT2D eigenvalue weighted by atomic mass is 16.5. The molecule has 0 amide bonds. The van der Waals surface area contributed by atoms with Crippen molar-refractivity contribution in [3.63, 3.8) is 0 Å². The lowest BCUT2D eigenvalue weighted by Gasteiger charge is -2.23. The topological polar surface area (TPSA) is 45.8 Å². The fourth-order valence-electron chi connectivity index (χ4n) is 1.95. The molecule has 0 radical (unpaired) electrons. The Labute approximate surface area is 115 Å². The number of hydrogen-bond donors (Lipinski definition) is 1. The van der Waals surface area contributed by atoms with Crippen molar-refractivity contribution in [1.29, 1.82) is 0 Å². The van der Waals surface area contributed by atoms with E-state index in [1.165, 1.54) is 0 Å². The summed E-state index contributed by atoms with van der Waals surface area (Å²) in [6.07, 6.45) is 3.06. The second-order valence-corrected chi connectivity index (χ2v) is 4.76. The van der Waals surface area contributed by atoms with Crippen LogP contribution >= 0.6 is 0 Å². The predicted molar refractivity (Wildman–Crippen MR) is 76.0 cm³/mol. The fraction of sp³-hybridized carbons (Fsp3) is 0.600. The largest absolute Gasteiger partial charge is 0.465 e. The van der Waals surface area contributed by atoms with E-state index in [-0.39, 0.29) is 6.10 Å². The van der Waals surface area contributed by atoms with Crippen LogP contribution in [-0.2, 0) is 11.3 Å². The second-order valence-electron chi connectivity index (χ2n) is 4.76. The van der Waals surface area contributed by atoms with E-state index < -0.39 is 0 Å². The van der Waals surface area contributed by atoms with Gasteiger partial charge in [0.25, 0.3) is 0 Å². The van der Waals surface area contributed by atoms with Gasteiger partial charge >= 0.3 is 0 Å². The van der Waals surface area contributed by atoms with Crippen LogP contribution in [0.3, 0.4) is 0 Å². The number of aliphatic hydroxyl groups is 1. The monoisotopic (exact) mass is 267 g/mol. The van der Waals surface area contributed by atoms with E-state index in [0.29, 0.717) is 19.7 Å². The molecule has 0 fully saturated rings. The van der Waals surface area contributed by atoms with Crippen molar-refractivity contribution >= 4 is 0 Å². The van der Waals surface area contributed by atoms with Gasteiger partial charge in [0, 0.05) is 20.2 Å². The molecular weight excluding hydrogens is 242 g/mol. The molecule has 0 aliphatic rings. The van der Waals surface area contributed by atoms with Gasteiger partial charge in [-0.15, -0.1) is 6.58 Å². The molecule has 0 saturated carbocycles. The van der Waals surface area contributed by atoms with E-state index in [4.69, 9.17) is 9.15 Å². The molecule has 0 aromatic carbocycles. The molecule has 0 spiro atoms.